The monoisotopic (exact) mass is 366 g/mol. The third-order valence-corrected chi connectivity index (χ3v) is 5.97. The highest BCUT2D eigenvalue weighted by Crippen LogP contribution is 2.36. The zero-order chi connectivity index (χ0) is 16.4. The van der Waals surface area contributed by atoms with E-state index >= 15 is 0 Å². The summed E-state index contributed by atoms with van der Waals surface area (Å²) in [5, 5.41) is 4.29. The number of thiophene rings is 1. The largest absolute Gasteiger partial charge is 0.365 e. The Bertz CT molecular complexity index is 902. The van der Waals surface area contributed by atoms with E-state index in [9.17, 15) is 13.0 Å². The molecule has 0 radical (unpaired) electrons. The Morgan fingerprint density at radius 1 is 1.17 bits per heavy atom. The van der Waals surface area contributed by atoms with E-state index in [2.05, 4.69) is 4.98 Å². The summed E-state index contributed by atoms with van der Waals surface area (Å²) in [5.74, 6) is 0.196. The summed E-state index contributed by atoms with van der Waals surface area (Å²) in [6.07, 6.45) is 0.643. The molecule has 0 unspecified atom stereocenters. The molecule has 0 saturated carbocycles. The molecule has 0 aliphatic carbocycles. The summed E-state index contributed by atoms with van der Waals surface area (Å²) >= 11 is 2.87. The standard InChI is InChI=1S/C15H14N2O3S3/c1-2-11-6-3-4-7-12(11)17(23(18,19)20)14-10-22-15(16-14)13-8-5-9-21-13/h3-10H,2H2,1H3,(H,18,19,20). The van der Waals surface area contributed by atoms with Crippen molar-refractivity contribution in [3.8, 4) is 9.88 Å². The summed E-state index contributed by atoms with van der Waals surface area (Å²) in [4.78, 5) is 5.35. The summed E-state index contributed by atoms with van der Waals surface area (Å²) in [7, 11) is -4.48. The van der Waals surface area contributed by atoms with Crippen molar-refractivity contribution in [1.82, 2.24) is 4.98 Å². The first kappa shape index (κ1) is 16.1. The van der Waals surface area contributed by atoms with Crippen LogP contribution in [0.15, 0.2) is 47.2 Å². The highest BCUT2D eigenvalue weighted by atomic mass is 32.2. The zero-order valence-corrected chi connectivity index (χ0v) is 14.7. The molecular formula is C15H14N2O3S3. The second-order valence-corrected chi connectivity index (χ2v) is 7.78. The highest BCUT2D eigenvalue weighted by Gasteiger charge is 2.26. The summed E-state index contributed by atoms with van der Waals surface area (Å²) < 4.78 is 34.5. The number of rotatable bonds is 5. The minimum Gasteiger partial charge on any atom is -0.269 e. The Morgan fingerprint density at radius 2 is 1.96 bits per heavy atom. The lowest BCUT2D eigenvalue weighted by Crippen LogP contribution is -2.26. The maximum atomic E-state index is 11.9. The fourth-order valence-corrected chi connectivity index (χ4v) is 4.67. The summed E-state index contributed by atoms with van der Waals surface area (Å²) in [6.45, 7) is 1.93. The number of hydrogen-bond acceptors (Lipinski definition) is 5. The van der Waals surface area contributed by atoms with E-state index in [-0.39, 0.29) is 5.82 Å². The molecule has 0 saturated heterocycles. The summed E-state index contributed by atoms with van der Waals surface area (Å²) in [5.41, 5.74) is 1.23. The van der Waals surface area contributed by atoms with Crippen molar-refractivity contribution in [1.29, 1.82) is 0 Å². The van der Waals surface area contributed by atoms with Crippen LogP contribution >= 0.6 is 22.7 Å². The van der Waals surface area contributed by atoms with Gasteiger partial charge in [-0.2, -0.15) is 12.7 Å². The number of anilines is 2. The molecule has 0 fully saturated rings. The van der Waals surface area contributed by atoms with Crippen LogP contribution in [0.4, 0.5) is 11.5 Å². The van der Waals surface area contributed by atoms with Crippen molar-refractivity contribution < 1.29 is 13.0 Å². The van der Waals surface area contributed by atoms with Gasteiger partial charge in [-0.3, -0.25) is 4.55 Å². The van der Waals surface area contributed by atoms with Crippen LogP contribution < -0.4 is 4.31 Å². The molecule has 0 atom stereocenters. The van der Waals surface area contributed by atoms with Crippen LogP contribution in [-0.4, -0.2) is 18.0 Å². The Kier molecular flexibility index (Phi) is 4.49. The van der Waals surface area contributed by atoms with Gasteiger partial charge in [-0.15, -0.1) is 22.7 Å². The van der Waals surface area contributed by atoms with Gasteiger partial charge in [-0.25, -0.2) is 4.98 Å². The molecule has 23 heavy (non-hydrogen) atoms. The molecule has 0 aliphatic rings. The topological polar surface area (TPSA) is 70.5 Å². The van der Waals surface area contributed by atoms with Gasteiger partial charge >= 0.3 is 10.3 Å². The molecule has 0 aliphatic heterocycles. The zero-order valence-electron chi connectivity index (χ0n) is 12.2. The molecule has 5 nitrogen and oxygen atoms in total. The average molecular weight is 366 g/mol. The van der Waals surface area contributed by atoms with E-state index in [1.807, 2.05) is 36.6 Å². The minimum atomic E-state index is -4.48. The van der Waals surface area contributed by atoms with Gasteiger partial charge in [0.1, 0.15) is 5.01 Å². The van der Waals surface area contributed by atoms with Crippen molar-refractivity contribution in [2.75, 3.05) is 4.31 Å². The smallest absolute Gasteiger partial charge is 0.269 e. The molecule has 1 aromatic carbocycles. The Morgan fingerprint density at radius 3 is 2.61 bits per heavy atom. The van der Waals surface area contributed by atoms with Crippen LogP contribution in [0.3, 0.4) is 0 Å². The molecule has 3 rings (SSSR count). The molecule has 0 amide bonds. The Balaban J connectivity index is 2.11. The molecule has 1 N–H and O–H groups in total. The lowest BCUT2D eigenvalue weighted by atomic mass is 10.1. The average Bonchev–Trinajstić information content (AvgIpc) is 3.17. The lowest BCUT2D eigenvalue weighted by Gasteiger charge is -2.20. The predicted octanol–water partition coefficient (Wildman–Crippen LogP) is 4.37. The number of para-hydroxylation sites is 1. The number of hydrogen-bond donors (Lipinski definition) is 1. The molecule has 3 aromatic rings. The summed E-state index contributed by atoms with van der Waals surface area (Å²) in [6, 6.07) is 10.9. The molecule has 0 spiro atoms. The van der Waals surface area contributed by atoms with Gasteiger partial charge < -0.3 is 0 Å². The Labute approximate surface area is 142 Å². The third kappa shape index (κ3) is 3.30. The third-order valence-electron chi connectivity index (χ3n) is 3.25. The van der Waals surface area contributed by atoms with Gasteiger partial charge in [0.05, 0.1) is 10.6 Å². The van der Waals surface area contributed by atoms with Gasteiger partial charge in [0, 0.05) is 5.38 Å². The first-order valence-electron chi connectivity index (χ1n) is 6.85. The molecule has 2 aromatic heterocycles. The fraction of sp³-hybridized carbons (Fsp3) is 0.133. The fourth-order valence-electron chi connectivity index (χ4n) is 2.25. The Hall–Kier alpha value is -1.74. The van der Waals surface area contributed by atoms with E-state index in [0.29, 0.717) is 12.1 Å². The number of nitrogens with zero attached hydrogens (tertiary/aromatic N) is 2. The molecule has 8 heteroatoms. The van der Waals surface area contributed by atoms with E-state index in [4.69, 9.17) is 0 Å². The van der Waals surface area contributed by atoms with Crippen molar-refractivity contribution >= 4 is 44.5 Å². The van der Waals surface area contributed by atoms with Gasteiger partial charge in [0.25, 0.3) is 0 Å². The second kappa shape index (κ2) is 6.40. The van der Waals surface area contributed by atoms with Crippen LogP contribution in [0.1, 0.15) is 12.5 Å². The van der Waals surface area contributed by atoms with Crippen molar-refractivity contribution in [3.63, 3.8) is 0 Å². The van der Waals surface area contributed by atoms with Gasteiger partial charge in [0.15, 0.2) is 5.82 Å². The number of aromatic nitrogens is 1. The van der Waals surface area contributed by atoms with Crippen LogP contribution in [0.5, 0.6) is 0 Å². The second-order valence-electron chi connectivity index (χ2n) is 4.71. The van der Waals surface area contributed by atoms with Crippen molar-refractivity contribution in [2.45, 2.75) is 13.3 Å². The molecule has 120 valence electrons. The van der Waals surface area contributed by atoms with Gasteiger partial charge in [-0.05, 0) is 29.5 Å². The first-order chi connectivity index (χ1) is 11.0. The quantitative estimate of drug-likeness (QED) is 0.681. The maximum Gasteiger partial charge on any atom is 0.365 e. The lowest BCUT2D eigenvalue weighted by molar-refractivity contribution is 0.483. The van der Waals surface area contributed by atoms with Crippen LogP contribution in [0, 0.1) is 0 Å². The van der Waals surface area contributed by atoms with E-state index in [0.717, 1.165) is 19.8 Å². The SMILES string of the molecule is CCc1ccccc1N(c1csc(-c2cccs2)n1)S(=O)(=O)O. The van der Waals surface area contributed by atoms with Crippen LogP contribution in [-0.2, 0) is 16.7 Å². The molecular weight excluding hydrogens is 352 g/mol. The van der Waals surface area contributed by atoms with E-state index in [1.165, 1.54) is 22.7 Å². The molecule has 0 bridgehead atoms. The highest BCUT2D eigenvalue weighted by molar-refractivity contribution is 7.87. The van der Waals surface area contributed by atoms with Crippen LogP contribution in [0.25, 0.3) is 9.88 Å². The first-order valence-corrected chi connectivity index (χ1v) is 10.0. The van der Waals surface area contributed by atoms with Crippen molar-refractivity contribution in [3.05, 3.63) is 52.7 Å². The van der Waals surface area contributed by atoms with Gasteiger partial charge in [0.2, 0.25) is 0 Å². The minimum absolute atomic E-state index is 0.196. The normalized spacial score (nSPS) is 11.6. The number of thiazole rings is 1. The van der Waals surface area contributed by atoms with Crippen LogP contribution in [0.2, 0.25) is 0 Å². The predicted molar refractivity (Wildman–Crippen MR) is 94.9 cm³/mol. The van der Waals surface area contributed by atoms with E-state index < -0.39 is 10.3 Å². The maximum absolute atomic E-state index is 11.9. The van der Waals surface area contributed by atoms with Gasteiger partial charge in [-0.1, -0.05) is 31.2 Å². The number of benzene rings is 1. The molecule has 2 heterocycles. The number of aryl methyl sites for hydroxylation is 1. The van der Waals surface area contributed by atoms with Crippen molar-refractivity contribution in [2.24, 2.45) is 0 Å². The van der Waals surface area contributed by atoms with E-state index in [1.54, 1.807) is 17.5 Å².